The van der Waals surface area contributed by atoms with Gasteiger partial charge in [0.2, 0.25) is 0 Å². The molecule has 1 amide bonds. The van der Waals surface area contributed by atoms with Gasteiger partial charge in [-0.25, -0.2) is 9.78 Å². The van der Waals surface area contributed by atoms with Gasteiger partial charge in [0.05, 0.1) is 25.0 Å². The van der Waals surface area contributed by atoms with E-state index in [9.17, 15) is 9.59 Å². The van der Waals surface area contributed by atoms with Gasteiger partial charge < -0.3 is 15.0 Å². The maximum atomic E-state index is 11.8. The van der Waals surface area contributed by atoms with E-state index in [4.69, 9.17) is 4.74 Å². The molecule has 3 rings (SSSR count). The summed E-state index contributed by atoms with van der Waals surface area (Å²) in [6, 6.07) is 14.2. The van der Waals surface area contributed by atoms with Gasteiger partial charge in [0.1, 0.15) is 11.6 Å². The third-order valence-corrected chi connectivity index (χ3v) is 5.31. The quantitative estimate of drug-likeness (QED) is 0.431. The Morgan fingerprint density at radius 2 is 1.90 bits per heavy atom. The zero-order valence-electron chi connectivity index (χ0n) is 17.6. The van der Waals surface area contributed by atoms with E-state index < -0.39 is 6.09 Å². The van der Waals surface area contributed by atoms with Crippen molar-refractivity contribution in [1.82, 2.24) is 15.3 Å². The second-order valence-corrected chi connectivity index (χ2v) is 7.42. The highest BCUT2D eigenvalue weighted by Crippen LogP contribution is 2.25. The molecule has 0 aliphatic rings. The monoisotopic (exact) mass is 407 g/mol. The second kappa shape index (κ2) is 10.6. The Bertz CT molecular complexity index is 996. The van der Waals surface area contributed by atoms with Gasteiger partial charge in [-0.15, -0.1) is 0 Å². The summed E-state index contributed by atoms with van der Waals surface area (Å²) in [6.45, 7) is 1.89. The van der Waals surface area contributed by atoms with Crippen molar-refractivity contribution in [2.45, 2.75) is 51.5 Å². The number of methoxy groups -OCH3 is 1. The SMILES string of the molecule is CCC(=O)CCCCC[C@H](NC(=O)OC)c1ncc(-c2ccc3ccccc3c2)[nH]1. The summed E-state index contributed by atoms with van der Waals surface area (Å²) in [5, 5.41) is 5.22. The van der Waals surface area contributed by atoms with Gasteiger partial charge in [-0.3, -0.25) is 4.79 Å². The summed E-state index contributed by atoms with van der Waals surface area (Å²) < 4.78 is 4.78. The number of H-pyrrole nitrogens is 1. The van der Waals surface area contributed by atoms with Crippen LogP contribution >= 0.6 is 0 Å². The lowest BCUT2D eigenvalue weighted by molar-refractivity contribution is -0.118. The average molecular weight is 408 g/mol. The molecule has 0 saturated carbocycles. The number of imidazole rings is 1. The van der Waals surface area contributed by atoms with Crippen LogP contribution in [0.5, 0.6) is 0 Å². The molecule has 30 heavy (non-hydrogen) atoms. The Hall–Kier alpha value is -3.15. The van der Waals surface area contributed by atoms with Crippen molar-refractivity contribution in [1.29, 1.82) is 0 Å². The number of hydrogen-bond acceptors (Lipinski definition) is 4. The minimum Gasteiger partial charge on any atom is -0.453 e. The van der Waals surface area contributed by atoms with E-state index in [-0.39, 0.29) is 6.04 Å². The molecule has 0 saturated heterocycles. The van der Waals surface area contributed by atoms with E-state index in [0.29, 0.717) is 24.4 Å². The molecule has 0 aliphatic heterocycles. The number of Topliss-reactive ketones (excluding diaryl/α,β-unsaturated/α-hetero) is 1. The fourth-order valence-corrected chi connectivity index (χ4v) is 3.52. The van der Waals surface area contributed by atoms with Crippen molar-refractivity contribution in [2.24, 2.45) is 0 Å². The first-order valence-electron chi connectivity index (χ1n) is 10.5. The van der Waals surface area contributed by atoms with Crippen molar-refractivity contribution in [3.8, 4) is 11.3 Å². The van der Waals surface area contributed by atoms with E-state index >= 15 is 0 Å². The summed E-state index contributed by atoms with van der Waals surface area (Å²) >= 11 is 0. The van der Waals surface area contributed by atoms with Crippen LogP contribution in [0, 0.1) is 0 Å². The molecular formula is C24H29N3O3. The molecule has 0 aliphatic carbocycles. The average Bonchev–Trinajstić information content (AvgIpc) is 3.27. The summed E-state index contributed by atoms with van der Waals surface area (Å²) in [5.41, 5.74) is 1.95. The molecule has 6 heteroatoms. The highest BCUT2D eigenvalue weighted by molar-refractivity contribution is 5.86. The summed E-state index contributed by atoms with van der Waals surface area (Å²) in [4.78, 5) is 31.1. The zero-order valence-corrected chi connectivity index (χ0v) is 17.6. The standard InChI is InChI=1S/C24H29N3O3/c1-3-20(28)11-5-4-6-12-21(27-24(29)30-2)23-25-16-22(26-23)19-14-13-17-9-7-8-10-18(17)15-19/h7-10,13-16,21H,3-6,11-12H2,1-2H3,(H,25,26)(H,27,29)/t21-/m0/s1. The van der Waals surface area contributed by atoms with Crippen LogP contribution in [-0.2, 0) is 9.53 Å². The van der Waals surface area contributed by atoms with Crippen molar-refractivity contribution in [3.63, 3.8) is 0 Å². The van der Waals surface area contributed by atoms with Crippen molar-refractivity contribution in [2.75, 3.05) is 7.11 Å². The predicted octanol–water partition coefficient (Wildman–Crippen LogP) is 5.56. The minimum absolute atomic E-state index is 0.270. The Morgan fingerprint density at radius 1 is 1.10 bits per heavy atom. The van der Waals surface area contributed by atoms with Crippen LogP contribution in [0.1, 0.15) is 57.3 Å². The first kappa shape index (κ1) is 21.6. The number of carbonyl (C=O) groups excluding carboxylic acids is 2. The van der Waals surface area contributed by atoms with Gasteiger partial charge in [-0.05, 0) is 29.7 Å². The highest BCUT2D eigenvalue weighted by Gasteiger charge is 2.18. The fourth-order valence-electron chi connectivity index (χ4n) is 3.52. The van der Waals surface area contributed by atoms with Crippen LogP contribution in [0.15, 0.2) is 48.7 Å². The normalized spacial score (nSPS) is 11.9. The van der Waals surface area contributed by atoms with E-state index in [0.717, 1.165) is 42.3 Å². The van der Waals surface area contributed by atoms with Gasteiger partial charge in [0.25, 0.3) is 0 Å². The molecular weight excluding hydrogens is 378 g/mol. The smallest absolute Gasteiger partial charge is 0.407 e. The number of carbonyl (C=O) groups is 2. The number of rotatable bonds is 10. The molecule has 3 aromatic rings. The molecule has 1 atom stereocenters. The number of aromatic nitrogens is 2. The molecule has 158 valence electrons. The molecule has 2 aromatic carbocycles. The second-order valence-electron chi connectivity index (χ2n) is 7.42. The van der Waals surface area contributed by atoms with Gasteiger partial charge >= 0.3 is 6.09 Å². The van der Waals surface area contributed by atoms with Crippen LogP contribution in [0.2, 0.25) is 0 Å². The first-order chi connectivity index (χ1) is 14.6. The van der Waals surface area contributed by atoms with Crippen LogP contribution in [0.25, 0.3) is 22.0 Å². The maximum Gasteiger partial charge on any atom is 0.407 e. The Balaban J connectivity index is 1.69. The van der Waals surface area contributed by atoms with Gasteiger partial charge in [0, 0.05) is 18.4 Å². The molecule has 1 aromatic heterocycles. The third-order valence-electron chi connectivity index (χ3n) is 5.31. The Kier molecular flexibility index (Phi) is 7.60. The summed E-state index contributed by atoms with van der Waals surface area (Å²) in [5.74, 6) is 0.999. The first-order valence-corrected chi connectivity index (χ1v) is 10.5. The van der Waals surface area contributed by atoms with Crippen LogP contribution in [-0.4, -0.2) is 29.0 Å². The topological polar surface area (TPSA) is 84.1 Å². The van der Waals surface area contributed by atoms with Gasteiger partial charge in [-0.1, -0.05) is 56.2 Å². The zero-order chi connectivity index (χ0) is 21.3. The van der Waals surface area contributed by atoms with Crippen LogP contribution < -0.4 is 5.32 Å². The van der Waals surface area contributed by atoms with Crippen molar-refractivity contribution >= 4 is 22.6 Å². The Morgan fingerprint density at radius 3 is 2.67 bits per heavy atom. The molecule has 0 spiro atoms. The number of amides is 1. The number of benzene rings is 2. The molecule has 1 heterocycles. The van der Waals surface area contributed by atoms with E-state index in [1.54, 1.807) is 6.20 Å². The lowest BCUT2D eigenvalue weighted by Gasteiger charge is -2.16. The van der Waals surface area contributed by atoms with Crippen LogP contribution in [0.3, 0.4) is 0 Å². The number of aromatic amines is 1. The van der Waals surface area contributed by atoms with Gasteiger partial charge in [0.15, 0.2) is 0 Å². The molecule has 0 unspecified atom stereocenters. The number of fused-ring (bicyclic) bond motifs is 1. The van der Waals surface area contributed by atoms with Crippen molar-refractivity contribution < 1.29 is 14.3 Å². The highest BCUT2D eigenvalue weighted by atomic mass is 16.5. The summed E-state index contributed by atoms with van der Waals surface area (Å²) in [6.07, 6.45) is 5.95. The molecule has 0 radical (unpaired) electrons. The summed E-state index contributed by atoms with van der Waals surface area (Å²) in [7, 11) is 1.35. The molecule has 0 bridgehead atoms. The van der Waals surface area contributed by atoms with E-state index in [1.165, 1.54) is 12.5 Å². The Labute approximate surface area is 177 Å². The third kappa shape index (κ3) is 5.69. The number of ether oxygens (including phenoxy) is 1. The number of alkyl carbamates (subject to hydrolysis) is 1. The number of nitrogens with one attached hydrogen (secondary N) is 2. The van der Waals surface area contributed by atoms with Crippen LogP contribution in [0.4, 0.5) is 4.79 Å². The largest absolute Gasteiger partial charge is 0.453 e. The molecule has 0 fully saturated rings. The number of hydrogen-bond donors (Lipinski definition) is 2. The fraction of sp³-hybridized carbons (Fsp3) is 0.375. The molecule has 6 nitrogen and oxygen atoms in total. The predicted molar refractivity (Wildman–Crippen MR) is 118 cm³/mol. The number of ketones is 1. The van der Waals surface area contributed by atoms with Gasteiger partial charge in [-0.2, -0.15) is 0 Å². The number of nitrogens with zero attached hydrogens (tertiary/aromatic N) is 1. The van der Waals surface area contributed by atoms with Crippen molar-refractivity contribution in [3.05, 3.63) is 54.5 Å². The van der Waals surface area contributed by atoms with E-state index in [1.807, 2.05) is 19.1 Å². The maximum absolute atomic E-state index is 11.8. The lowest BCUT2D eigenvalue weighted by atomic mass is 10.0. The lowest BCUT2D eigenvalue weighted by Crippen LogP contribution is -2.29. The minimum atomic E-state index is -0.482. The molecule has 2 N–H and O–H groups in total. The number of unbranched alkanes of at least 4 members (excludes halogenated alkanes) is 2. The van der Waals surface area contributed by atoms with E-state index in [2.05, 4.69) is 45.6 Å².